The first kappa shape index (κ1) is 57.0. The van der Waals surface area contributed by atoms with Gasteiger partial charge in [0.05, 0.1) is 32.4 Å². The van der Waals surface area contributed by atoms with Crippen LogP contribution in [0.1, 0.15) is 65.5 Å². The fourth-order valence-electron chi connectivity index (χ4n) is 6.08. The number of aryl methyl sites for hydroxylation is 2. The molecule has 0 saturated heterocycles. The fourth-order valence-corrected chi connectivity index (χ4v) is 10.6. The van der Waals surface area contributed by atoms with Crippen molar-refractivity contribution in [2.24, 2.45) is 0 Å². The number of quaternary nitrogens is 2. The molecule has 6 aromatic rings. The van der Waals surface area contributed by atoms with Gasteiger partial charge in [-0.05, 0) is 104 Å². The normalized spacial score (nSPS) is 11.9. The molecule has 0 unspecified atom stereocenters. The Bertz CT molecular complexity index is 2810. The molecule has 2 aromatic heterocycles. The summed E-state index contributed by atoms with van der Waals surface area (Å²) in [5.41, 5.74) is 3.07. The summed E-state index contributed by atoms with van der Waals surface area (Å²) in [5.74, 6) is 0.246. The molecular weight excluding hydrogens is 997 g/mol. The molecule has 6 N–H and O–H groups in total. The van der Waals surface area contributed by atoms with E-state index in [1.54, 1.807) is 97.4 Å². The predicted octanol–water partition coefficient (Wildman–Crippen LogP) is 5.59. The molecule has 0 spiro atoms. The van der Waals surface area contributed by atoms with E-state index in [9.17, 15) is 52.4 Å². The third-order valence-corrected chi connectivity index (χ3v) is 14.9. The number of nitrogens with zero attached hydrogens (tertiary/aromatic N) is 2. The number of carbonyl (C=O) groups excluding carboxylic acids is 2. The smallest absolute Gasteiger partial charge is 0.263 e. The number of nitrogens with two attached hydrogens (primary N) is 2. The lowest BCUT2D eigenvalue weighted by molar-refractivity contribution is -0.646. The molecule has 4 aromatic carbocycles. The SMILES string of the molecule is CC(=O)CC(C)(C)[NH2+]c1ccc(S(=O)(=O)Nc2nccs2)cc1.CC(=O)CC(C)(C)[NH2+]c1ccc(S(=O)(=O)Nc2nccs2)cc1.Cc1ccc(S(=O)(=O)[O-])cc1.Cc1ccc(S(=O)(=O)[O-])cc1. The first-order valence-electron chi connectivity index (χ1n) is 20.2. The minimum absolute atomic E-state index is 0.123. The van der Waals surface area contributed by atoms with Crippen molar-refractivity contribution < 1.29 is 63.0 Å². The van der Waals surface area contributed by atoms with Crippen molar-refractivity contribution in [3.8, 4) is 0 Å². The molecule has 24 heteroatoms. The van der Waals surface area contributed by atoms with Crippen molar-refractivity contribution in [3.05, 3.63) is 131 Å². The number of hydrogen-bond acceptors (Lipinski definition) is 16. The Balaban J connectivity index is 0.000000254. The van der Waals surface area contributed by atoms with Gasteiger partial charge in [0.15, 0.2) is 10.3 Å². The third-order valence-electron chi connectivity index (χ3n) is 8.83. The Morgan fingerprint density at radius 1 is 0.515 bits per heavy atom. The molecule has 0 aliphatic carbocycles. The number of benzene rings is 4. The average molecular weight is 1050 g/mol. The topological polar surface area (TPSA) is 300 Å². The van der Waals surface area contributed by atoms with Gasteiger partial charge in [0.1, 0.15) is 54.3 Å². The molecular formula is C44H54N6O12S6. The van der Waals surface area contributed by atoms with Crippen molar-refractivity contribution in [2.75, 3.05) is 9.44 Å². The Morgan fingerprint density at radius 2 is 0.794 bits per heavy atom. The van der Waals surface area contributed by atoms with Crippen LogP contribution in [0.25, 0.3) is 0 Å². The molecule has 0 atom stereocenters. The summed E-state index contributed by atoms with van der Waals surface area (Å²) in [5, 5.41) is 8.02. The maximum absolute atomic E-state index is 12.2. The number of Topliss-reactive ketones (excluding diaryl/α,β-unsaturated/α-hetero) is 2. The lowest BCUT2D eigenvalue weighted by Gasteiger charge is -2.21. The van der Waals surface area contributed by atoms with Gasteiger partial charge < -0.3 is 19.7 Å². The predicted molar refractivity (Wildman–Crippen MR) is 259 cm³/mol. The second-order valence-corrected chi connectivity index (χ2v) is 24.5. The Kier molecular flexibility index (Phi) is 20.4. The van der Waals surface area contributed by atoms with Gasteiger partial charge in [0.2, 0.25) is 0 Å². The molecule has 0 radical (unpaired) electrons. The second-order valence-electron chi connectivity index (χ2n) is 16.6. The van der Waals surface area contributed by atoms with Crippen molar-refractivity contribution in [1.82, 2.24) is 9.97 Å². The van der Waals surface area contributed by atoms with Gasteiger partial charge in [0.25, 0.3) is 20.0 Å². The molecule has 2 heterocycles. The number of aromatic nitrogens is 2. The number of ketones is 2. The first-order chi connectivity index (χ1) is 31.4. The summed E-state index contributed by atoms with van der Waals surface area (Å²) < 4.78 is 116. The van der Waals surface area contributed by atoms with Crippen LogP contribution in [0.3, 0.4) is 0 Å². The van der Waals surface area contributed by atoms with Crippen molar-refractivity contribution in [1.29, 1.82) is 0 Å². The van der Waals surface area contributed by atoms with E-state index in [1.807, 2.05) is 52.2 Å². The van der Waals surface area contributed by atoms with E-state index in [4.69, 9.17) is 0 Å². The summed E-state index contributed by atoms with van der Waals surface area (Å²) >= 11 is 2.44. The van der Waals surface area contributed by atoms with Crippen LogP contribution >= 0.6 is 22.7 Å². The standard InChI is InChI=1S/2C15H19N3O3S2.2C7H8O3S/c2*1-11(19)10-15(2,3)17-12-4-6-13(7-5-12)23(20,21)18-14-16-8-9-22-14;2*1-6-2-4-7(5-3-6)11(8,9)10/h2*4-9,17H,10H2,1-3H3,(H,16,18);2*2-5H,1H3,(H,8,9,10). The summed E-state index contributed by atoms with van der Waals surface area (Å²) in [6.45, 7) is 14.7. The van der Waals surface area contributed by atoms with E-state index in [-0.39, 0.29) is 42.2 Å². The lowest BCUT2D eigenvalue weighted by atomic mass is 9.98. The summed E-state index contributed by atoms with van der Waals surface area (Å²) in [6.07, 6.45) is 3.96. The molecule has 0 amide bonds. The van der Waals surface area contributed by atoms with E-state index in [0.29, 0.717) is 23.1 Å². The van der Waals surface area contributed by atoms with Gasteiger partial charge in [0, 0.05) is 47.4 Å². The highest BCUT2D eigenvalue weighted by atomic mass is 32.2. The van der Waals surface area contributed by atoms with Crippen molar-refractivity contribution >= 4 is 96.2 Å². The van der Waals surface area contributed by atoms with Crippen LogP contribution in [-0.4, -0.2) is 75.4 Å². The Morgan fingerprint density at radius 3 is 1.03 bits per heavy atom. The van der Waals surface area contributed by atoms with Gasteiger partial charge in [-0.25, -0.2) is 43.6 Å². The van der Waals surface area contributed by atoms with Crippen LogP contribution in [0.4, 0.5) is 21.6 Å². The minimum atomic E-state index is -4.27. The van der Waals surface area contributed by atoms with Crippen LogP contribution in [-0.2, 0) is 49.9 Å². The van der Waals surface area contributed by atoms with E-state index in [2.05, 4.69) is 19.4 Å². The lowest BCUT2D eigenvalue weighted by Crippen LogP contribution is -2.90. The summed E-state index contributed by atoms with van der Waals surface area (Å²) in [6, 6.07) is 24.7. The minimum Gasteiger partial charge on any atom is -0.744 e. The summed E-state index contributed by atoms with van der Waals surface area (Å²) in [4.78, 5) is 30.4. The number of thiazole rings is 2. The zero-order chi connectivity index (χ0) is 51.1. The fraction of sp³-hybridized carbons (Fsp3) is 0.273. The zero-order valence-corrected chi connectivity index (χ0v) is 43.3. The molecule has 0 bridgehead atoms. The van der Waals surface area contributed by atoms with Gasteiger partial charge in [-0.2, -0.15) is 0 Å². The van der Waals surface area contributed by atoms with Crippen LogP contribution in [0.5, 0.6) is 0 Å². The van der Waals surface area contributed by atoms with Gasteiger partial charge in [-0.1, -0.05) is 35.4 Å². The zero-order valence-electron chi connectivity index (χ0n) is 38.4. The number of hydrogen-bond donors (Lipinski definition) is 4. The van der Waals surface area contributed by atoms with E-state index >= 15 is 0 Å². The Hall–Kier alpha value is -5.28. The van der Waals surface area contributed by atoms with Crippen LogP contribution in [0.15, 0.2) is 140 Å². The Labute approximate surface area is 406 Å². The highest BCUT2D eigenvalue weighted by molar-refractivity contribution is 7.93. The molecule has 368 valence electrons. The molecule has 0 fully saturated rings. The van der Waals surface area contributed by atoms with E-state index in [0.717, 1.165) is 22.5 Å². The molecule has 0 aliphatic heterocycles. The van der Waals surface area contributed by atoms with Crippen LogP contribution in [0, 0.1) is 13.8 Å². The third kappa shape index (κ3) is 20.5. The number of rotatable bonds is 16. The highest BCUT2D eigenvalue weighted by Gasteiger charge is 2.26. The van der Waals surface area contributed by atoms with E-state index in [1.165, 1.54) is 59.3 Å². The van der Waals surface area contributed by atoms with Crippen molar-refractivity contribution in [3.63, 3.8) is 0 Å². The first-order valence-corrected chi connectivity index (χ1v) is 27.7. The monoisotopic (exact) mass is 1050 g/mol. The van der Waals surface area contributed by atoms with Crippen molar-refractivity contribution in [2.45, 2.75) is 98.9 Å². The summed E-state index contributed by atoms with van der Waals surface area (Å²) in [7, 11) is -15.8. The van der Waals surface area contributed by atoms with E-state index < -0.39 is 40.3 Å². The molecule has 0 aliphatic rings. The number of anilines is 2. The van der Waals surface area contributed by atoms with Gasteiger partial charge in [-0.15, -0.1) is 22.7 Å². The molecule has 18 nitrogen and oxygen atoms in total. The average Bonchev–Trinajstić information content (AvgIpc) is 3.92. The quantitative estimate of drug-likeness (QED) is 0.0679. The molecule has 0 saturated carbocycles. The highest BCUT2D eigenvalue weighted by Crippen LogP contribution is 2.21. The second kappa shape index (κ2) is 24.3. The van der Waals surface area contributed by atoms with Gasteiger partial charge in [-0.3, -0.25) is 19.0 Å². The molecule has 68 heavy (non-hydrogen) atoms. The number of carbonyl (C=O) groups is 2. The number of nitrogens with one attached hydrogen (secondary N) is 2. The van der Waals surface area contributed by atoms with Crippen LogP contribution in [0.2, 0.25) is 0 Å². The maximum Gasteiger partial charge on any atom is 0.263 e. The molecule has 6 rings (SSSR count). The largest absolute Gasteiger partial charge is 0.744 e. The maximum atomic E-state index is 12.2. The van der Waals surface area contributed by atoms with Gasteiger partial charge >= 0.3 is 0 Å². The van der Waals surface area contributed by atoms with Crippen LogP contribution < -0.4 is 20.1 Å². The number of sulfonamides is 2.